The molecule has 2 N–H and O–H groups in total. The van der Waals surface area contributed by atoms with E-state index in [0.29, 0.717) is 30.5 Å². The molecule has 0 saturated heterocycles. The first-order valence-corrected chi connectivity index (χ1v) is 8.69. The lowest BCUT2D eigenvalue weighted by molar-refractivity contribution is 0.322. The summed E-state index contributed by atoms with van der Waals surface area (Å²) in [4.78, 5) is 10.0. The predicted octanol–water partition coefficient (Wildman–Crippen LogP) is 3.24. The molecule has 7 heteroatoms. The summed E-state index contributed by atoms with van der Waals surface area (Å²) in [6.07, 6.45) is 1.87. The fraction of sp³-hybridized carbons (Fsp3) is 0.375. The Hall–Kier alpha value is -1.79. The maximum atomic E-state index is 6.05. The second kappa shape index (κ2) is 9.37. The Labute approximate surface area is 145 Å². The van der Waals surface area contributed by atoms with E-state index in [2.05, 4.69) is 20.6 Å². The summed E-state index contributed by atoms with van der Waals surface area (Å²) < 4.78 is 5.64. The highest BCUT2D eigenvalue weighted by molar-refractivity contribution is 7.11. The number of hydrogen-bond acceptors (Lipinski definition) is 4. The minimum Gasteiger partial charge on any atom is -0.490 e. The van der Waals surface area contributed by atoms with Gasteiger partial charge in [0.2, 0.25) is 0 Å². The van der Waals surface area contributed by atoms with Crippen molar-refractivity contribution in [2.24, 2.45) is 4.99 Å². The minimum atomic E-state index is 0.504. The van der Waals surface area contributed by atoms with Gasteiger partial charge < -0.3 is 15.4 Å². The van der Waals surface area contributed by atoms with E-state index in [4.69, 9.17) is 16.3 Å². The van der Waals surface area contributed by atoms with E-state index in [9.17, 15) is 0 Å². The molecule has 0 spiro atoms. The highest BCUT2D eigenvalue weighted by Gasteiger charge is 2.02. The Kier molecular flexibility index (Phi) is 7.16. The lowest BCUT2D eigenvalue weighted by Gasteiger charge is -2.12. The van der Waals surface area contributed by atoms with Crippen LogP contribution in [0.5, 0.6) is 5.75 Å². The smallest absolute Gasteiger partial charge is 0.191 e. The lowest BCUT2D eigenvalue weighted by Crippen LogP contribution is -2.39. The number of para-hydroxylation sites is 1. The SMILES string of the molecule is CCNC(=NCc1ncc(C)s1)NCCOc1ccccc1Cl. The molecule has 0 aliphatic carbocycles. The van der Waals surface area contributed by atoms with Crippen LogP contribution in [0.3, 0.4) is 0 Å². The molecule has 0 bridgehead atoms. The highest BCUT2D eigenvalue weighted by atomic mass is 35.5. The summed E-state index contributed by atoms with van der Waals surface area (Å²) in [6.45, 7) is 6.58. The number of rotatable bonds is 7. The number of ether oxygens (including phenoxy) is 1. The third-order valence-corrected chi connectivity index (χ3v) is 4.08. The largest absolute Gasteiger partial charge is 0.490 e. The van der Waals surface area contributed by atoms with Gasteiger partial charge in [0.25, 0.3) is 0 Å². The monoisotopic (exact) mass is 352 g/mol. The Balaban J connectivity index is 1.79. The van der Waals surface area contributed by atoms with Crippen LogP contribution in [0.15, 0.2) is 35.5 Å². The number of aromatic nitrogens is 1. The van der Waals surface area contributed by atoms with Gasteiger partial charge in [0.15, 0.2) is 5.96 Å². The maximum Gasteiger partial charge on any atom is 0.191 e. The molecule has 0 aliphatic rings. The molecule has 1 heterocycles. The zero-order valence-corrected chi connectivity index (χ0v) is 14.9. The van der Waals surface area contributed by atoms with E-state index in [0.717, 1.165) is 17.5 Å². The Morgan fingerprint density at radius 2 is 2.17 bits per heavy atom. The molecule has 0 radical (unpaired) electrons. The van der Waals surface area contributed by atoms with Crippen molar-refractivity contribution in [3.05, 3.63) is 45.4 Å². The molecule has 23 heavy (non-hydrogen) atoms. The molecule has 2 aromatic rings. The predicted molar refractivity (Wildman–Crippen MR) is 96.6 cm³/mol. The van der Waals surface area contributed by atoms with Gasteiger partial charge in [-0.1, -0.05) is 23.7 Å². The van der Waals surface area contributed by atoms with Crippen LogP contribution in [0, 0.1) is 6.92 Å². The molecule has 2 rings (SSSR count). The number of thiazole rings is 1. The van der Waals surface area contributed by atoms with Gasteiger partial charge in [-0.15, -0.1) is 11.3 Å². The standard InChI is InChI=1S/C16H21ClN4OS/c1-3-18-16(21-11-15-20-10-12(2)23-15)19-8-9-22-14-7-5-4-6-13(14)17/h4-7,10H,3,8-9,11H2,1-2H3,(H2,18,19,21). The number of nitrogens with one attached hydrogen (secondary N) is 2. The number of aryl methyl sites for hydroxylation is 1. The van der Waals surface area contributed by atoms with Crippen LogP contribution in [0.2, 0.25) is 5.02 Å². The molecule has 0 aliphatic heterocycles. The second-order valence-corrected chi connectivity index (χ2v) is 6.49. The van der Waals surface area contributed by atoms with Gasteiger partial charge in [-0.3, -0.25) is 0 Å². The van der Waals surface area contributed by atoms with E-state index >= 15 is 0 Å². The molecule has 1 aromatic heterocycles. The first kappa shape index (κ1) is 17.6. The van der Waals surface area contributed by atoms with Crippen molar-refractivity contribution in [1.82, 2.24) is 15.6 Å². The summed E-state index contributed by atoms with van der Waals surface area (Å²) in [7, 11) is 0. The molecule has 0 amide bonds. The first-order valence-electron chi connectivity index (χ1n) is 7.50. The van der Waals surface area contributed by atoms with E-state index in [1.165, 1.54) is 4.88 Å². The zero-order chi connectivity index (χ0) is 16.5. The van der Waals surface area contributed by atoms with Crippen LogP contribution in [0.4, 0.5) is 0 Å². The molecule has 1 aromatic carbocycles. The van der Waals surface area contributed by atoms with E-state index in [1.54, 1.807) is 11.3 Å². The summed E-state index contributed by atoms with van der Waals surface area (Å²) >= 11 is 7.71. The maximum absolute atomic E-state index is 6.05. The Morgan fingerprint density at radius 3 is 2.87 bits per heavy atom. The fourth-order valence-electron chi connectivity index (χ4n) is 1.86. The number of halogens is 1. The minimum absolute atomic E-state index is 0.504. The van der Waals surface area contributed by atoms with Crippen molar-refractivity contribution < 1.29 is 4.74 Å². The van der Waals surface area contributed by atoms with Gasteiger partial charge in [0.05, 0.1) is 18.1 Å². The third-order valence-electron chi connectivity index (χ3n) is 2.87. The lowest BCUT2D eigenvalue weighted by atomic mass is 10.3. The molecular weight excluding hydrogens is 332 g/mol. The summed E-state index contributed by atoms with van der Waals surface area (Å²) in [5.74, 6) is 1.44. The van der Waals surface area contributed by atoms with Gasteiger partial charge in [-0.05, 0) is 26.0 Å². The van der Waals surface area contributed by atoms with Crippen molar-refractivity contribution in [1.29, 1.82) is 0 Å². The molecular formula is C16H21ClN4OS. The van der Waals surface area contributed by atoms with Gasteiger partial charge in [0.1, 0.15) is 17.4 Å². The van der Waals surface area contributed by atoms with Gasteiger partial charge in [-0.2, -0.15) is 0 Å². The molecule has 0 fully saturated rings. The Morgan fingerprint density at radius 1 is 1.35 bits per heavy atom. The van der Waals surface area contributed by atoms with Crippen molar-refractivity contribution >= 4 is 28.9 Å². The van der Waals surface area contributed by atoms with Crippen molar-refractivity contribution in [3.8, 4) is 5.75 Å². The number of aliphatic imine (C=N–C) groups is 1. The highest BCUT2D eigenvalue weighted by Crippen LogP contribution is 2.22. The first-order chi connectivity index (χ1) is 11.2. The van der Waals surface area contributed by atoms with E-state index < -0.39 is 0 Å². The topological polar surface area (TPSA) is 58.5 Å². The second-order valence-electron chi connectivity index (χ2n) is 4.77. The van der Waals surface area contributed by atoms with E-state index in [1.807, 2.05) is 44.3 Å². The summed E-state index contributed by atoms with van der Waals surface area (Å²) in [6, 6.07) is 7.44. The van der Waals surface area contributed by atoms with E-state index in [-0.39, 0.29) is 0 Å². The number of benzene rings is 1. The zero-order valence-electron chi connectivity index (χ0n) is 13.3. The van der Waals surface area contributed by atoms with Crippen LogP contribution in [0.1, 0.15) is 16.8 Å². The molecule has 124 valence electrons. The summed E-state index contributed by atoms with van der Waals surface area (Å²) in [5, 5.41) is 8.06. The number of guanidine groups is 1. The van der Waals surface area contributed by atoms with Crippen molar-refractivity contribution in [2.75, 3.05) is 19.7 Å². The van der Waals surface area contributed by atoms with Gasteiger partial charge >= 0.3 is 0 Å². The number of nitrogens with zero attached hydrogens (tertiary/aromatic N) is 2. The molecule has 5 nitrogen and oxygen atoms in total. The van der Waals surface area contributed by atoms with Crippen LogP contribution >= 0.6 is 22.9 Å². The fourth-order valence-corrected chi connectivity index (χ4v) is 2.76. The van der Waals surface area contributed by atoms with Gasteiger partial charge in [-0.25, -0.2) is 9.98 Å². The summed E-state index contributed by atoms with van der Waals surface area (Å²) in [5.41, 5.74) is 0. The van der Waals surface area contributed by atoms with Crippen LogP contribution < -0.4 is 15.4 Å². The van der Waals surface area contributed by atoms with Crippen molar-refractivity contribution in [3.63, 3.8) is 0 Å². The van der Waals surface area contributed by atoms with Crippen LogP contribution in [-0.2, 0) is 6.54 Å². The Bertz CT molecular complexity index is 645. The molecule has 0 saturated carbocycles. The number of hydrogen-bond donors (Lipinski definition) is 2. The molecule has 0 unspecified atom stereocenters. The van der Waals surface area contributed by atoms with Gasteiger partial charge in [0, 0.05) is 17.6 Å². The third kappa shape index (κ3) is 6.08. The normalized spacial score (nSPS) is 11.3. The van der Waals surface area contributed by atoms with Crippen LogP contribution in [-0.4, -0.2) is 30.6 Å². The van der Waals surface area contributed by atoms with Crippen LogP contribution in [0.25, 0.3) is 0 Å². The molecule has 0 atom stereocenters. The quantitative estimate of drug-likeness (QED) is 0.456. The van der Waals surface area contributed by atoms with Crippen molar-refractivity contribution in [2.45, 2.75) is 20.4 Å². The average molecular weight is 353 g/mol. The average Bonchev–Trinajstić information content (AvgIpc) is 2.96.